The second-order valence-corrected chi connectivity index (χ2v) is 5.93. The summed E-state index contributed by atoms with van der Waals surface area (Å²) in [4.78, 5) is 0. The number of anilines is 1. The molecule has 0 bridgehead atoms. The lowest BCUT2D eigenvalue weighted by molar-refractivity contribution is 0.340. The summed E-state index contributed by atoms with van der Waals surface area (Å²) in [5.41, 5.74) is 3.18. The second kappa shape index (κ2) is 8.55. The molecular weight excluding hydrogens is 320 g/mol. The monoisotopic (exact) mass is 344 g/mol. The highest BCUT2D eigenvalue weighted by molar-refractivity contribution is 7.80. The Balaban J connectivity index is 2.00. The highest BCUT2D eigenvalue weighted by Gasteiger charge is 2.12. The molecule has 0 saturated carbocycles. The molecular formula is C19H24N2O2S. The van der Waals surface area contributed by atoms with Gasteiger partial charge in [-0.25, -0.2) is 0 Å². The Bertz CT molecular complexity index is 686. The first-order chi connectivity index (χ1) is 11.5. The number of hydrogen-bond acceptors (Lipinski definition) is 3. The number of hydrogen-bond donors (Lipinski definition) is 2. The zero-order valence-electron chi connectivity index (χ0n) is 14.6. The van der Waals surface area contributed by atoms with E-state index in [1.54, 1.807) is 7.11 Å². The minimum Gasteiger partial charge on any atom is -0.496 e. The topological polar surface area (TPSA) is 42.5 Å². The molecule has 0 aliphatic carbocycles. The van der Waals surface area contributed by atoms with E-state index in [4.69, 9.17) is 21.7 Å². The largest absolute Gasteiger partial charge is 0.496 e. The third kappa shape index (κ3) is 4.86. The van der Waals surface area contributed by atoms with E-state index in [0.717, 1.165) is 22.7 Å². The summed E-state index contributed by atoms with van der Waals surface area (Å²) in [5, 5.41) is 7.05. The molecule has 0 aromatic heterocycles. The van der Waals surface area contributed by atoms with Gasteiger partial charge in [-0.2, -0.15) is 0 Å². The third-order valence-electron chi connectivity index (χ3n) is 3.62. The fourth-order valence-corrected chi connectivity index (χ4v) is 2.73. The van der Waals surface area contributed by atoms with Crippen molar-refractivity contribution in [3.63, 3.8) is 0 Å². The summed E-state index contributed by atoms with van der Waals surface area (Å²) >= 11 is 5.41. The molecule has 0 unspecified atom stereocenters. The molecule has 2 aromatic carbocycles. The van der Waals surface area contributed by atoms with Gasteiger partial charge in [0.25, 0.3) is 0 Å². The molecule has 0 saturated heterocycles. The van der Waals surface area contributed by atoms with Crippen LogP contribution in [0.4, 0.5) is 5.69 Å². The van der Waals surface area contributed by atoms with Gasteiger partial charge in [0, 0.05) is 11.3 Å². The molecule has 0 heterocycles. The number of thiocarbonyl (C=S) groups is 1. The van der Waals surface area contributed by atoms with Crippen LogP contribution in [0, 0.1) is 6.92 Å². The standard InChI is InChI=1S/C19H24N2O2S/c1-5-23-16-9-7-15(8-10-16)21-19(24)20-14(3)17-12-13(2)6-11-18(17)22-4/h6-12,14H,5H2,1-4H3,(H2,20,21,24)/t14-/m0/s1. The molecule has 0 fully saturated rings. The molecule has 5 heteroatoms. The number of rotatable bonds is 6. The van der Waals surface area contributed by atoms with Crippen LogP contribution in [0.3, 0.4) is 0 Å². The van der Waals surface area contributed by atoms with Crippen LogP contribution in [0.1, 0.15) is 31.0 Å². The van der Waals surface area contributed by atoms with Gasteiger partial charge in [-0.3, -0.25) is 0 Å². The van der Waals surface area contributed by atoms with Crippen molar-refractivity contribution in [1.82, 2.24) is 5.32 Å². The van der Waals surface area contributed by atoms with Crippen molar-refractivity contribution in [2.45, 2.75) is 26.8 Å². The lowest BCUT2D eigenvalue weighted by Gasteiger charge is -2.20. The first-order valence-electron chi connectivity index (χ1n) is 7.98. The molecule has 0 spiro atoms. The third-order valence-corrected chi connectivity index (χ3v) is 3.84. The van der Waals surface area contributed by atoms with Crippen molar-refractivity contribution in [1.29, 1.82) is 0 Å². The fourth-order valence-electron chi connectivity index (χ4n) is 2.43. The van der Waals surface area contributed by atoms with Crippen molar-refractivity contribution >= 4 is 23.0 Å². The minimum atomic E-state index is 0.0301. The van der Waals surface area contributed by atoms with E-state index in [1.165, 1.54) is 5.56 Å². The van der Waals surface area contributed by atoms with E-state index >= 15 is 0 Å². The summed E-state index contributed by atoms with van der Waals surface area (Å²) < 4.78 is 10.9. The zero-order chi connectivity index (χ0) is 17.5. The second-order valence-electron chi connectivity index (χ2n) is 5.52. The molecule has 2 rings (SSSR count). The molecule has 4 nitrogen and oxygen atoms in total. The zero-order valence-corrected chi connectivity index (χ0v) is 15.4. The average molecular weight is 344 g/mol. The Morgan fingerprint density at radius 1 is 1.17 bits per heavy atom. The van der Waals surface area contributed by atoms with E-state index in [0.29, 0.717) is 11.7 Å². The predicted octanol–water partition coefficient (Wildman–Crippen LogP) is 4.45. The van der Waals surface area contributed by atoms with E-state index in [2.05, 4.69) is 30.5 Å². The number of aryl methyl sites for hydroxylation is 1. The van der Waals surface area contributed by atoms with Gasteiger partial charge < -0.3 is 20.1 Å². The highest BCUT2D eigenvalue weighted by Crippen LogP contribution is 2.26. The van der Waals surface area contributed by atoms with Gasteiger partial charge in [-0.15, -0.1) is 0 Å². The number of benzene rings is 2. The normalized spacial score (nSPS) is 11.5. The Hall–Kier alpha value is -2.27. The van der Waals surface area contributed by atoms with Crippen LogP contribution >= 0.6 is 12.2 Å². The van der Waals surface area contributed by atoms with Gasteiger partial charge in [0.15, 0.2) is 5.11 Å². The van der Waals surface area contributed by atoms with Crippen LogP contribution in [0.5, 0.6) is 11.5 Å². The number of ether oxygens (including phenoxy) is 2. The molecule has 2 N–H and O–H groups in total. The van der Waals surface area contributed by atoms with E-state index in [1.807, 2.05) is 43.3 Å². The van der Waals surface area contributed by atoms with E-state index in [-0.39, 0.29) is 6.04 Å². The van der Waals surface area contributed by atoms with Crippen molar-refractivity contribution < 1.29 is 9.47 Å². The fraction of sp³-hybridized carbons (Fsp3) is 0.316. The maximum absolute atomic E-state index is 5.44. The first kappa shape index (κ1) is 18.1. The van der Waals surface area contributed by atoms with Crippen molar-refractivity contribution in [2.24, 2.45) is 0 Å². The Kier molecular flexibility index (Phi) is 6.44. The molecule has 1 atom stereocenters. The van der Waals surface area contributed by atoms with Gasteiger partial charge >= 0.3 is 0 Å². The summed E-state index contributed by atoms with van der Waals surface area (Å²) in [6.07, 6.45) is 0. The van der Waals surface area contributed by atoms with Gasteiger partial charge in [-0.05, 0) is 63.3 Å². The molecule has 0 amide bonds. The number of methoxy groups -OCH3 is 1. The van der Waals surface area contributed by atoms with Crippen LogP contribution in [-0.2, 0) is 0 Å². The lowest BCUT2D eigenvalue weighted by atomic mass is 10.0. The maximum atomic E-state index is 5.44. The minimum absolute atomic E-state index is 0.0301. The van der Waals surface area contributed by atoms with Gasteiger partial charge in [-0.1, -0.05) is 17.7 Å². The first-order valence-corrected chi connectivity index (χ1v) is 8.39. The molecule has 2 aromatic rings. The molecule has 0 aliphatic heterocycles. The highest BCUT2D eigenvalue weighted by atomic mass is 32.1. The van der Waals surface area contributed by atoms with E-state index in [9.17, 15) is 0 Å². The summed E-state index contributed by atoms with van der Waals surface area (Å²) in [5.74, 6) is 1.70. The van der Waals surface area contributed by atoms with Crippen LogP contribution < -0.4 is 20.1 Å². The Labute approximate surface area is 149 Å². The van der Waals surface area contributed by atoms with Crippen LogP contribution in [-0.4, -0.2) is 18.8 Å². The van der Waals surface area contributed by atoms with Gasteiger partial charge in [0.1, 0.15) is 11.5 Å². The summed E-state index contributed by atoms with van der Waals surface area (Å²) in [6.45, 7) is 6.74. The smallest absolute Gasteiger partial charge is 0.171 e. The van der Waals surface area contributed by atoms with Crippen LogP contribution in [0.2, 0.25) is 0 Å². The predicted molar refractivity (Wildman–Crippen MR) is 103 cm³/mol. The van der Waals surface area contributed by atoms with Gasteiger partial charge in [0.2, 0.25) is 0 Å². The van der Waals surface area contributed by atoms with Crippen LogP contribution in [0.25, 0.3) is 0 Å². The van der Waals surface area contributed by atoms with E-state index < -0.39 is 0 Å². The maximum Gasteiger partial charge on any atom is 0.171 e. The average Bonchev–Trinajstić information content (AvgIpc) is 2.56. The molecule has 0 aliphatic rings. The van der Waals surface area contributed by atoms with Crippen molar-refractivity contribution in [3.8, 4) is 11.5 Å². The Morgan fingerprint density at radius 2 is 1.88 bits per heavy atom. The quantitative estimate of drug-likeness (QED) is 0.758. The lowest BCUT2D eigenvalue weighted by Crippen LogP contribution is -2.31. The summed E-state index contributed by atoms with van der Waals surface area (Å²) in [6, 6.07) is 13.9. The Morgan fingerprint density at radius 3 is 2.50 bits per heavy atom. The molecule has 128 valence electrons. The molecule has 0 radical (unpaired) electrons. The van der Waals surface area contributed by atoms with Crippen LogP contribution in [0.15, 0.2) is 42.5 Å². The van der Waals surface area contributed by atoms with Gasteiger partial charge in [0.05, 0.1) is 19.8 Å². The SMILES string of the molecule is CCOc1ccc(NC(=S)N[C@@H](C)c2cc(C)ccc2OC)cc1. The van der Waals surface area contributed by atoms with Crippen molar-refractivity contribution in [2.75, 3.05) is 19.0 Å². The molecule has 24 heavy (non-hydrogen) atoms. The summed E-state index contributed by atoms with van der Waals surface area (Å²) in [7, 11) is 1.68. The van der Waals surface area contributed by atoms with Crippen molar-refractivity contribution in [3.05, 3.63) is 53.6 Å². The number of nitrogens with one attached hydrogen (secondary N) is 2.